The van der Waals surface area contributed by atoms with Crippen molar-refractivity contribution in [2.75, 3.05) is 18.5 Å². The van der Waals surface area contributed by atoms with Gasteiger partial charge in [0.2, 0.25) is 0 Å². The van der Waals surface area contributed by atoms with E-state index < -0.39 is 12.0 Å². The number of hydrogen-bond acceptors (Lipinski definition) is 6. The van der Waals surface area contributed by atoms with Crippen molar-refractivity contribution < 1.29 is 23.9 Å². The number of anilines is 1. The molecule has 2 N–H and O–H groups in total. The predicted molar refractivity (Wildman–Crippen MR) is 113 cm³/mol. The Hall–Kier alpha value is -2.87. The van der Waals surface area contributed by atoms with Crippen LogP contribution in [0.25, 0.3) is 0 Å². The number of benzene rings is 1. The molecule has 0 unspecified atom stereocenters. The molecule has 0 atom stereocenters. The molecule has 0 aliphatic carbocycles. The number of rotatable bonds is 8. The van der Waals surface area contributed by atoms with E-state index >= 15 is 0 Å². The van der Waals surface area contributed by atoms with Crippen molar-refractivity contribution in [2.45, 2.75) is 40.5 Å². The summed E-state index contributed by atoms with van der Waals surface area (Å²) in [5.74, 6) is -0.362. The molecule has 2 aromatic rings. The van der Waals surface area contributed by atoms with Crippen molar-refractivity contribution in [3.05, 3.63) is 45.8 Å². The standard InChI is InChI=1S/C21H26N2O5S/c1-5-7-11-28-16-10-8-9-15(12-16)18(24)22-20-17(13(3)14(4)29-20)19(25)23-21(26)27-6-2/h8-10,12H,5-7,11H2,1-4H3,(H,22,24)(H,23,25,26). The highest BCUT2D eigenvalue weighted by atomic mass is 32.1. The first-order valence-electron chi connectivity index (χ1n) is 9.49. The zero-order chi connectivity index (χ0) is 21.4. The summed E-state index contributed by atoms with van der Waals surface area (Å²) in [6, 6.07) is 6.88. The number of amides is 3. The molecule has 8 heteroatoms. The second-order valence-electron chi connectivity index (χ2n) is 6.35. The van der Waals surface area contributed by atoms with Gasteiger partial charge in [-0.05, 0) is 51.0 Å². The van der Waals surface area contributed by atoms with E-state index in [9.17, 15) is 14.4 Å². The fraction of sp³-hybridized carbons (Fsp3) is 0.381. The van der Waals surface area contributed by atoms with E-state index in [2.05, 4.69) is 17.6 Å². The van der Waals surface area contributed by atoms with Crippen molar-refractivity contribution >= 4 is 34.2 Å². The average Bonchev–Trinajstić information content (AvgIpc) is 2.95. The Morgan fingerprint density at radius 2 is 1.86 bits per heavy atom. The fourth-order valence-electron chi connectivity index (χ4n) is 2.55. The van der Waals surface area contributed by atoms with E-state index in [-0.39, 0.29) is 18.1 Å². The number of hydrogen-bond donors (Lipinski definition) is 2. The highest BCUT2D eigenvalue weighted by molar-refractivity contribution is 7.16. The molecule has 0 aliphatic heterocycles. The molecule has 0 saturated heterocycles. The summed E-state index contributed by atoms with van der Waals surface area (Å²) in [5, 5.41) is 5.34. The molecule has 0 saturated carbocycles. The minimum Gasteiger partial charge on any atom is -0.494 e. The van der Waals surface area contributed by atoms with Crippen LogP contribution in [0.15, 0.2) is 24.3 Å². The van der Waals surface area contributed by atoms with Crippen molar-refractivity contribution in [1.29, 1.82) is 0 Å². The van der Waals surface area contributed by atoms with Crippen LogP contribution in [0.4, 0.5) is 9.80 Å². The van der Waals surface area contributed by atoms with Crippen LogP contribution < -0.4 is 15.4 Å². The molecule has 7 nitrogen and oxygen atoms in total. The van der Waals surface area contributed by atoms with E-state index in [1.807, 2.05) is 6.92 Å². The van der Waals surface area contributed by atoms with E-state index in [1.165, 1.54) is 11.3 Å². The maximum Gasteiger partial charge on any atom is 0.414 e. The number of thiophene rings is 1. The lowest BCUT2D eigenvalue weighted by molar-refractivity contribution is 0.0925. The molecule has 29 heavy (non-hydrogen) atoms. The van der Waals surface area contributed by atoms with Gasteiger partial charge < -0.3 is 14.8 Å². The van der Waals surface area contributed by atoms with E-state index in [0.29, 0.717) is 28.5 Å². The van der Waals surface area contributed by atoms with E-state index in [0.717, 1.165) is 17.7 Å². The topological polar surface area (TPSA) is 93.7 Å². The molecule has 0 fully saturated rings. The number of unbranched alkanes of at least 4 members (excludes halogenated alkanes) is 1. The van der Waals surface area contributed by atoms with Crippen LogP contribution in [-0.4, -0.2) is 31.1 Å². The van der Waals surface area contributed by atoms with Crippen LogP contribution in [-0.2, 0) is 4.74 Å². The van der Waals surface area contributed by atoms with Crippen LogP contribution >= 0.6 is 11.3 Å². The lowest BCUT2D eigenvalue weighted by Crippen LogP contribution is -2.31. The molecule has 1 aromatic carbocycles. The average molecular weight is 419 g/mol. The maximum absolute atomic E-state index is 12.7. The van der Waals surface area contributed by atoms with E-state index in [1.54, 1.807) is 38.1 Å². The number of imide groups is 1. The Morgan fingerprint density at radius 1 is 1.10 bits per heavy atom. The SMILES string of the molecule is CCCCOc1cccc(C(=O)Nc2sc(C)c(C)c2C(=O)NC(=O)OCC)c1. The Bertz CT molecular complexity index is 891. The number of nitrogens with one attached hydrogen (secondary N) is 2. The third kappa shape index (κ3) is 6.05. The summed E-state index contributed by atoms with van der Waals surface area (Å²) in [6.07, 6.45) is 1.13. The van der Waals surface area contributed by atoms with Crippen molar-refractivity contribution in [2.24, 2.45) is 0 Å². The van der Waals surface area contributed by atoms with Crippen LogP contribution in [0.3, 0.4) is 0 Å². The van der Waals surface area contributed by atoms with Crippen molar-refractivity contribution in [1.82, 2.24) is 5.32 Å². The second-order valence-corrected chi connectivity index (χ2v) is 7.57. The largest absolute Gasteiger partial charge is 0.494 e. The van der Waals surface area contributed by atoms with Gasteiger partial charge in [0.1, 0.15) is 10.8 Å². The number of carbonyl (C=O) groups excluding carboxylic acids is 3. The molecular formula is C21H26N2O5S. The van der Waals surface area contributed by atoms with Gasteiger partial charge in [0.05, 0.1) is 18.8 Å². The Morgan fingerprint density at radius 3 is 2.55 bits per heavy atom. The number of alkyl carbamates (subject to hydrolysis) is 1. The summed E-state index contributed by atoms with van der Waals surface area (Å²) >= 11 is 1.28. The summed E-state index contributed by atoms with van der Waals surface area (Å²) in [6.45, 7) is 8.08. The van der Waals surface area contributed by atoms with Gasteiger partial charge in [-0.1, -0.05) is 19.4 Å². The maximum atomic E-state index is 12.7. The molecule has 1 aromatic heterocycles. The summed E-state index contributed by atoms with van der Waals surface area (Å²) in [5.41, 5.74) is 1.37. The third-order valence-electron chi connectivity index (χ3n) is 4.19. The highest BCUT2D eigenvalue weighted by Gasteiger charge is 2.23. The first-order chi connectivity index (χ1) is 13.9. The molecule has 0 aliphatic rings. The van der Waals surface area contributed by atoms with Crippen molar-refractivity contribution in [3.63, 3.8) is 0 Å². The minimum absolute atomic E-state index is 0.154. The molecule has 2 rings (SSSR count). The molecule has 0 bridgehead atoms. The first kappa shape index (κ1) is 22.4. The summed E-state index contributed by atoms with van der Waals surface area (Å²) < 4.78 is 10.4. The van der Waals surface area contributed by atoms with Gasteiger partial charge in [-0.15, -0.1) is 11.3 Å². The van der Waals surface area contributed by atoms with Gasteiger partial charge in [0.25, 0.3) is 11.8 Å². The van der Waals surface area contributed by atoms with Gasteiger partial charge >= 0.3 is 6.09 Å². The fourth-order valence-corrected chi connectivity index (χ4v) is 3.60. The highest BCUT2D eigenvalue weighted by Crippen LogP contribution is 2.33. The molecule has 156 valence electrons. The molecule has 1 heterocycles. The Balaban J connectivity index is 2.18. The Labute approximate surface area is 174 Å². The monoisotopic (exact) mass is 418 g/mol. The van der Waals surface area contributed by atoms with Crippen molar-refractivity contribution in [3.8, 4) is 5.75 Å². The van der Waals surface area contributed by atoms with Gasteiger partial charge in [-0.25, -0.2) is 4.79 Å². The number of ether oxygens (including phenoxy) is 2. The van der Waals surface area contributed by atoms with Gasteiger partial charge in [-0.2, -0.15) is 0 Å². The third-order valence-corrected chi connectivity index (χ3v) is 5.32. The molecule has 0 spiro atoms. The predicted octanol–water partition coefficient (Wildman–Crippen LogP) is 4.68. The van der Waals surface area contributed by atoms with Gasteiger partial charge in [0, 0.05) is 10.4 Å². The van der Waals surface area contributed by atoms with Gasteiger partial charge in [-0.3, -0.25) is 14.9 Å². The zero-order valence-corrected chi connectivity index (χ0v) is 17.9. The number of carbonyl (C=O) groups is 3. The minimum atomic E-state index is -0.824. The lowest BCUT2D eigenvalue weighted by atomic mass is 10.1. The summed E-state index contributed by atoms with van der Waals surface area (Å²) in [4.78, 5) is 37.7. The van der Waals surface area contributed by atoms with Crippen LogP contribution in [0.1, 0.15) is 57.8 Å². The van der Waals surface area contributed by atoms with Crippen LogP contribution in [0, 0.1) is 13.8 Å². The zero-order valence-electron chi connectivity index (χ0n) is 17.1. The molecule has 0 radical (unpaired) electrons. The smallest absolute Gasteiger partial charge is 0.414 e. The summed E-state index contributed by atoms with van der Waals surface area (Å²) in [7, 11) is 0. The second kappa shape index (κ2) is 10.6. The van der Waals surface area contributed by atoms with Gasteiger partial charge in [0.15, 0.2) is 0 Å². The normalized spacial score (nSPS) is 10.3. The quantitative estimate of drug-likeness (QED) is 0.607. The van der Waals surface area contributed by atoms with Crippen LogP contribution in [0.2, 0.25) is 0 Å². The molecule has 3 amide bonds. The first-order valence-corrected chi connectivity index (χ1v) is 10.3. The lowest BCUT2D eigenvalue weighted by Gasteiger charge is -2.10. The Kier molecular flexibility index (Phi) is 8.21. The van der Waals surface area contributed by atoms with Crippen LogP contribution in [0.5, 0.6) is 5.75 Å². The molecular weight excluding hydrogens is 392 g/mol. The van der Waals surface area contributed by atoms with E-state index in [4.69, 9.17) is 9.47 Å². The number of aryl methyl sites for hydroxylation is 1.